The average molecular weight is 235 g/mol. The summed E-state index contributed by atoms with van der Waals surface area (Å²) >= 11 is 1.59. The van der Waals surface area contributed by atoms with E-state index in [2.05, 4.69) is 12.2 Å². The highest BCUT2D eigenvalue weighted by Crippen LogP contribution is 2.32. The Bertz CT molecular complexity index is 348. The zero-order valence-corrected chi connectivity index (χ0v) is 10.3. The second kappa shape index (κ2) is 5.39. The first-order chi connectivity index (χ1) is 7.75. The molecule has 2 rings (SSSR count). The molecule has 0 spiro atoms. The number of nitrogens with one attached hydrogen (secondary N) is 1. The van der Waals surface area contributed by atoms with Crippen molar-refractivity contribution in [1.82, 2.24) is 5.32 Å². The fourth-order valence-electron chi connectivity index (χ4n) is 1.68. The average Bonchev–Trinajstić information content (AvgIpc) is 3.11. The SMILES string of the molecule is CC(NC(=O)CSc1ccccc1)C1CC1. The van der Waals surface area contributed by atoms with Crippen LogP contribution in [-0.4, -0.2) is 17.7 Å². The number of hydrogen-bond donors (Lipinski definition) is 1. The first-order valence-corrected chi connectivity index (χ1v) is 6.71. The van der Waals surface area contributed by atoms with Crippen LogP contribution in [0.5, 0.6) is 0 Å². The molecular formula is C13H17NOS. The van der Waals surface area contributed by atoms with E-state index in [0.717, 1.165) is 10.8 Å². The standard InChI is InChI=1S/C13H17NOS/c1-10(11-7-8-11)14-13(15)9-16-12-5-3-2-4-6-12/h2-6,10-11H,7-9H2,1H3,(H,14,15). The quantitative estimate of drug-likeness (QED) is 0.795. The van der Waals surface area contributed by atoms with Crippen LogP contribution >= 0.6 is 11.8 Å². The highest BCUT2D eigenvalue weighted by atomic mass is 32.2. The van der Waals surface area contributed by atoms with Crippen LogP contribution in [0.25, 0.3) is 0 Å². The number of carbonyl (C=O) groups excluding carboxylic acids is 1. The van der Waals surface area contributed by atoms with E-state index in [-0.39, 0.29) is 5.91 Å². The minimum absolute atomic E-state index is 0.147. The van der Waals surface area contributed by atoms with Gasteiger partial charge in [0.1, 0.15) is 0 Å². The van der Waals surface area contributed by atoms with E-state index in [1.54, 1.807) is 11.8 Å². The summed E-state index contributed by atoms with van der Waals surface area (Å²) in [6.07, 6.45) is 2.54. The van der Waals surface area contributed by atoms with Gasteiger partial charge in [-0.15, -0.1) is 11.8 Å². The van der Waals surface area contributed by atoms with E-state index in [9.17, 15) is 4.79 Å². The van der Waals surface area contributed by atoms with Crippen LogP contribution in [0, 0.1) is 5.92 Å². The van der Waals surface area contributed by atoms with Crippen LogP contribution in [0.2, 0.25) is 0 Å². The third kappa shape index (κ3) is 3.56. The molecular weight excluding hydrogens is 218 g/mol. The third-order valence-corrected chi connectivity index (χ3v) is 3.84. The minimum Gasteiger partial charge on any atom is -0.353 e. The maximum atomic E-state index is 11.6. The van der Waals surface area contributed by atoms with Gasteiger partial charge in [-0.2, -0.15) is 0 Å². The first kappa shape index (κ1) is 11.5. The molecule has 0 saturated heterocycles. The van der Waals surface area contributed by atoms with Gasteiger partial charge in [0.25, 0.3) is 0 Å². The predicted molar refractivity (Wildman–Crippen MR) is 67.5 cm³/mol. The summed E-state index contributed by atoms with van der Waals surface area (Å²) in [6, 6.07) is 10.4. The Labute approximate surface area is 101 Å². The molecule has 2 nitrogen and oxygen atoms in total. The van der Waals surface area contributed by atoms with Crippen molar-refractivity contribution in [3.8, 4) is 0 Å². The predicted octanol–water partition coefficient (Wildman–Crippen LogP) is 2.69. The van der Waals surface area contributed by atoms with E-state index < -0.39 is 0 Å². The summed E-state index contributed by atoms with van der Waals surface area (Å²) in [5.41, 5.74) is 0. The molecule has 1 aromatic rings. The van der Waals surface area contributed by atoms with Gasteiger partial charge < -0.3 is 5.32 Å². The number of hydrogen-bond acceptors (Lipinski definition) is 2. The number of amides is 1. The second-order valence-electron chi connectivity index (χ2n) is 4.30. The Hall–Kier alpha value is -0.960. The normalized spacial score (nSPS) is 16.8. The van der Waals surface area contributed by atoms with E-state index in [4.69, 9.17) is 0 Å². The number of thioether (sulfide) groups is 1. The summed E-state index contributed by atoms with van der Waals surface area (Å²) in [5, 5.41) is 3.05. The molecule has 1 aliphatic rings. The molecule has 0 bridgehead atoms. The van der Waals surface area contributed by atoms with Gasteiger partial charge in [-0.1, -0.05) is 18.2 Å². The molecule has 16 heavy (non-hydrogen) atoms. The molecule has 1 unspecified atom stereocenters. The zero-order chi connectivity index (χ0) is 11.4. The van der Waals surface area contributed by atoms with Crippen LogP contribution in [0.4, 0.5) is 0 Å². The lowest BCUT2D eigenvalue weighted by molar-refractivity contribution is -0.119. The molecule has 0 aliphatic heterocycles. The first-order valence-electron chi connectivity index (χ1n) is 5.73. The Balaban J connectivity index is 1.71. The highest BCUT2D eigenvalue weighted by molar-refractivity contribution is 8.00. The topological polar surface area (TPSA) is 29.1 Å². The molecule has 1 saturated carbocycles. The number of carbonyl (C=O) groups is 1. The third-order valence-electron chi connectivity index (χ3n) is 2.83. The summed E-state index contributed by atoms with van der Waals surface area (Å²) in [5.74, 6) is 1.39. The molecule has 0 aromatic heterocycles. The minimum atomic E-state index is 0.147. The van der Waals surface area contributed by atoms with Crippen LogP contribution < -0.4 is 5.32 Å². The van der Waals surface area contributed by atoms with Crippen molar-refractivity contribution in [1.29, 1.82) is 0 Å². The zero-order valence-electron chi connectivity index (χ0n) is 9.48. The molecule has 1 fully saturated rings. The molecule has 0 heterocycles. The highest BCUT2D eigenvalue weighted by Gasteiger charge is 2.28. The van der Waals surface area contributed by atoms with Crippen molar-refractivity contribution in [2.24, 2.45) is 5.92 Å². The summed E-state index contributed by atoms with van der Waals surface area (Å²) < 4.78 is 0. The summed E-state index contributed by atoms with van der Waals surface area (Å²) in [4.78, 5) is 12.8. The maximum Gasteiger partial charge on any atom is 0.230 e. The lowest BCUT2D eigenvalue weighted by Crippen LogP contribution is -2.35. The van der Waals surface area contributed by atoms with Gasteiger partial charge in [0.15, 0.2) is 0 Å². The summed E-state index contributed by atoms with van der Waals surface area (Å²) in [7, 11) is 0. The molecule has 1 aromatic carbocycles. The number of rotatable bonds is 5. The van der Waals surface area contributed by atoms with Gasteiger partial charge in [0.05, 0.1) is 5.75 Å². The number of benzene rings is 1. The van der Waals surface area contributed by atoms with E-state index >= 15 is 0 Å². The van der Waals surface area contributed by atoms with Gasteiger partial charge in [-0.05, 0) is 37.8 Å². The van der Waals surface area contributed by atoms with Crippen LogP contribution in [-0.2, 0) is 4.79 Å². The van der Waals surface area contributed by atoms with Crippen molar-refractivity contribution in [3.05, 3.63) is 30.3 Å². The van der Waals surface area contributed by atoms with E-state index in [0.29, 0.717) is 11.8 Å². The van der Waals surface area contributed by atoms with Gasteiger partial charge in [-0.25, -0.2) is 0 Å². The van der Waals surface area contributed by atoms with Crippen molar-refractivity contribution in [2.75, 3.05) is 5.75 Å². The fraction of sp³-hybridized carbons (Fsp3) is 0.462. The molecule has 1 N–H and O–H groups in total. The second-order valence-corrected chi connectivity index (χ2v) is 5.34. The van der Waals surface area contributed by atoms with Crippen molar-refractivity contribution >= 4 is 17.7 Å². The molecule has 1 atom stereocenters. The lowest BCUT2D eigenvalue weighted by Gasteiger charge is -2.12. The van der Waals surface area contributed by atoms with Gasteiger partial charge in [0, 0.05) is 10.9 Å². The molecule has 86 valence electrons. The molecule has 1 amide bonds. The largest absolute Gasteiger partial charge is 0.353 e. The van der Waals surface area contributed by atoms with Gasteiger partial charge in [0.2, 0.25) is 5.91 Å². The van der Waals surface area contributed by atoms with Crippen LogP contribution in [0.1, 0.15) is 19.8 Å². The fourth-order valence-corrected chi connectivity index (χ4v) is 2.41. The van der Waals surface area contributed by atoms with Crippen molar-refractivity contribution in [2.45, 2.75) is 30.7 Å². The lowest BCUT2D eigenvalue weighted by atomic mass is 10.2. The molecule has 1 aliphatic carbocycles. The van der Waals surface area contributed by atoms with Gasteiger partial charge >= 0.3 is 0 Å². The van der Waals surface area contributed by atoms with Crippen molar-refractivity contribution < 1.29 is 4.79 Å². The molecule has 3 heteroatoms. The van der Waals surface area contributed by atoms with Crippen LogP contribution in [0.3, 0.4) is 0 Å². The van der Waals surface area contributed by atoms with E-state index in [1.807, 2.05) is 30.3 Å². The monoisotopic (exact) mass is 235 g/mol. The Kier molecular flexibility index (Phi) is 3.88. The Morgan fingerprint density at radius 2 is 2.12 bits per heavy atom. The maximum absolute atomic E-state index is 11.6. The smallest absolute Gasteiger partial charge is 0.230 e. The van der Waals surface area contributed by atoms with E-state index in [1.165, 1.54) is 12.8 Å². The summed E-state index contributed by atoms with van der Waals surface area (Å²) in [6.45, 7) is 2.10. The molecule has 0 radical (unpaired) electrons. The Morgan fingerprint density at radius 3 is 2.75 bits per heavy atom. The Morgan fingerprint density at radius 1 is 1.44 bits per heavy atom. The van der Waals surface area contributed by atoms with Crippen molar-refractivity contribution in [3.63, 3.8) is 0 Å². The van der Waals surface area contributed by atoms with Crippen LogP contribution in [0.15, 0.2) is 35.2 Å². The van der Waals surface area contributed by atoms with Gasteiger partial charge in [-0.3, -0.25) is 4.79 Å².